The summed E-state index contributed by atoms with van der Waals surface area (Å²) in [5.41, 5.74) is 10.4. The molecule has 1 unspecified atom stereocenters. The lowest BCUT2D eigenvalue weighted by Crippen LogP contribution is -2.70. The number of aliphatic carboxylic acids is 1. The maximum absolute atomic E-state index is 12.4. The molecule has 0 spiro atoms. The van der Waals surface area contributed by atoms with E-state index in [4.69, 9.17) is 16.2 Å². The summed E-state index contributed by atoms with van der Waals surface area (Å²) in [6.45, 7) is -0.300. The molecule has 1 aliphatic heterocycles. The van der Waals surface area contributed by atoms with Crippen molar-refractivity contribution < 1.29 is 44.3 Å². The molecule has 1 fully saturated rings. The number of aliphatic hydroxyl groups excluding tert-OH is 3. The second kappa shape index (κ2) is 10.3. The van der Waals surface area contributed by atoms with Crippen LogP contribution in [0.4, 0.5) is 0 Å². The second-order valence-corrected chi connectivity index (χ2v) is 6.32. The van der Waals surface area contributed by atoms with Gasteiger partial charge in [0.2, 0.25) is 17.7 Å². The van der Waals surface area contributed by atoms with Crippen molar-refractivity contribution in [3.05, 3.63) is 0 Å². The number of carboxylic acid groups (broad SMARTS) is 1. The summed E-state index contributed by atoms with van der Waals surface area (Å²) in [5.74, 6) is -3.89. The molecule has 28 heavy (non-hydrogen) atoms. The highest BCUT2D eigenvalue weighted by atomic mass is 16.5. The monoisotopic (exact) mass is 406 g/mol. The summed E-state index contributed by atoms with van der Waals surface area (Å²) in [6, 6.07) is -3.06. The predicted molar refractivity (Wildman–Crippen MR) is 91.1 cm³/mol. The van der Waals surface area contributed by atoms with Crippen molar-refractivity contribution in [3.8, 4) is 0 Å². The third-order valence-electron chi connectivity index (χ3n) is 4.29. The summed E-state index contributed by atoms with van der Waals surface area (Å²) >= 11 is 0. The van der Waals surface area contributed by atoms with Gasteiger partial charge < -0.3 is 41.9 Å². The molecule has 13 heteroatoms. The normalized spacial score (nSPS) is 28.2. The molecule has 1 heterocycles. The maximum Gasteiger partial charge on any atom is 0.326 e. The van der Waals surface area contributed by atoms with Crippen LogP contribution in [0.15, 0.2) is 0 Å². The third-order valence-corrected chi connectivity index (χ3v) is 4.29. The number of ether oxygens (including phenoxy) is 1. The van der Waals surface area contributed by atoms with Crippen LogP contribution in [0, 0.1) is 0 Å². The summed E-state index contributed by atoms with van der Waals surface area (Å²) in [6.07, 6.45) is -7.04. The first-order valence-corrected chi connectivity index (χ1v) is 8.47. The van der Waals surface area contributed by atoms with E-state index in [0.29, 0.717) is 4.90 Å². The average molecular weight is 406 g/mol. The molecule has 0 radical (unpaired) electrons. The molecule has 0 bridgehead atoms. The van der Waals surface area contributed by atoms with Crippen molar-refractivity contribution in [2.75, 3.05) is 13.2 Å². The fraction of sp³-hybridized carbons (Fsp3) is 0.733. The van der Waals surface area contributed by atoms with Crippen LogP contribution in [0.5, 0.6) is 0 Å². The Bertz CT molecular complexity index is 602. The van der Waals surface area contributed by atoms with Crippen molar-refractivity contribution in [3.63, 3.8) is 0 Å². The highest BCUT2D eigenvalue weighted by molar-refractivity contribution is 5.85. The van der Waals surface area contributed by atoms with Gasteiger partial charge in [0.25, 0.3) is 0 Å². The zero-order chi connectivity index (χ0) is 21.6. The molecule has 0 aromatic rings. The van der Waals surface area contributed by atoms with E-state index in [1.165, 1.54) is 0 Å². The maximum atomic E-state index is 12.4. The number of hydrogen-bond donors (Lipinski definition) is 7. The number of primary amides is 1. The first-order chi connectivity index (χ1) is 13.0. The molecule has 1 rings (SSSR count). The summed E-state index contributed by atoms with van der Waals surface area (Å²) in [5, 5.41) is 41.6. The Morgan fingerprint density at radius 1 is 1.21 bits per heavy atom. The van der Waals surface area contributed by atoms with Crippen LogP contribution >= 0.6 is 0 Å². The van der Waals surface area contributed by atoms with Crippen molar-refractivity contribution in [1.82, 2.24) is 10.2 Å². The number of hydrogen-bond acceptors (Lipinski definition) is 9. The number of aliphatic hydroxyl groups is 3. The Labute approximate surface area is 160 Å². The molecule has 13 nitrogen and oxygen atoms in total. The van der Waals surface area contributed by atoms with Crippen molar-refractivity contribution in [2.24, 2.45) is 11.5 Å². The minimum atomic E-state index is -1.70. The van der Waals surface area contributed by atoms with Gasteiger partial charge in [0.1, 0.15) is 30.4 Å². The first-order valence-electron chi connectivity index (χ1n) is 8.47. The lowest BCUT2D eigenvalue weighted by molar-refractivity contribution is -0.237. The van der Waals surface area contributed by atoms with E-state index < -0.39 is 73.5 Å². The van der Waals surface area contributed by atoms with Crippen molar-refractivity contribution >= 4 is 23.7 Å². The van der Waals surface area contributed by atoms with Gasteiger partial charge in [-0.05, 0) is 6.42 Å². The zero-order valence-electron chi connectivity index (χ0n) is 15.2. The summed E-state index contributed by atoms with van der Waals surface area (Å²) < 4.78 is 5.45. The molecular weight excluding hydrogens is 380 g/mol. The Morgan fingerprint density at radius 3 is 2.25 bits per heavy atom. The van der Waals surface area contributed by atoms with Gasteiger partial charge >= 0.3 is 5.97 Å². The smallest absolute Gasteiger partial charge is 0.326 e. The van der Waals surface area contributed by atoms with E-state index >= 15 is 0 Å². The lowest BCUT2D eigenvalue weighted by atomic mass is 9.94. The third kappa shape index (κ3) is 5.59. The minimum Gasteiger partial charge on any atom is -0.480 e. The van der Waals surface area contributed by atoms with Gasteiger partial charge in [0.15, 0.2) is 6.23 Å². The number of amides is 3. The van der Waals surface area contributed by atoms with Crippen LogP contribution in [-0.4, -0.2) is 98.8 Å². The quantitative estimate of drug-likeness (QED) is 0.194. The molecule has 0 aromatic heterocycles. The van der Waals surface area contributed by atoms with Gasteiger partial charge in [-0.3, -0.25) is 19.3 Å². The van der Waals surface area contributed by atoms with E-state index in [1.807, 2.05) is 0 Å². The van der Waals surface area contributed by atoms with Gasteiger partial charge in [0.05, 0.1) is 13.2 Å². The van der Waals surface area contributed by atoms with Crippen LogP contribution < -0.4 is 16.8 Å². The van der Waals surface area contributed by atoms with Gasteiger partial charge in [0, 0.05) is 13.3 Å². The van der Waals surface area contributed by atoms with Crippen LogP contribution in [-0.2, 0) is 23.9 Å². The highest BCUT2D eigenvalue weighted by Gasteiger charge is 2.50. The molecule has 0 aliphatic carbocycles. The fourth-order valence-corrected chi connectivity index (χ4v) is 2.99. The average Bonchev–Trinajstić information content (AvgIpc) is 2.62. The molecule has 1 saturated heterocycles. The van der Waals surface area contributed by atoms with E-state index in [0.717, 1.165) is 6.92 Å². The number of carboxylic acids is 1. The molecule has 1 aliphatic rings. The number of rotatable bonds is 9. The van der Waals surface area contributed by atoms with Crippen LogP contribution in [0.1, 0.15) is 19.8 Å². The Morgan fingerprint density at radius 2 is 1.82 bits per heavy atom. The second-order valence-electron chi connectivity index (χ2n) is 6.32. The summed E-state index contributed by atoms with van der Waals surface area (Å²) in [4.78, 5) is 47.5. The van der Waals surface area contributed by atoms with Gasteiger partial charge in [-0.15, -0.1) is 0 Å². The first kappa shape index (κ1) is 23.7. The Balaban J connectivity index is 3.38. The number of nitrogens with two attached hydrogens (primary N) is 2. The minimum absolute atomic E-state index is 0.378. The molecule has 160 valence electrons. The number of nitrogens with one attached hydrogen (secondary N) is 1. The molecule has 0 saturated carbocycles. The van der Waals surface area contributed by atoms with Crippen molar-refractivity contribution in [1.29, 1.82) is 0 Å². The fourth-order valence-electron chi connectivity index (χ4n) is 2.99. The van der Waals surface area contributed by atoms with E-state index in [2.05, 4.69) is 5.32 Å². The van der Waals surface area contributed by atoms with Crippen LogP contribution in [0.25, 0.3) is 0 Å². The zero-order valence-corrected chi connectivity index (χ0v) is 15.2. The van der Waals surface area contributed by atoms with Gasteiger partial charge in [-0.25, -0.2) is 4.79 Å². The number of carbonyl (C=O) groups excluding carboxylic acids is 3. The molecule has 9 N–H and O–H groups in total. The molecule has 0 aromatic carbocycles. The predicted octanol–water partition coefficient (Wildman–Crippen LogP) is -4.56. The van der Waals surface area contributed by atoms with E-state index in [9.17, 15) is 39.6 Å². The molecule has 6 atom stereocenters. The SMILES string of the molecule is CC(=O)N[C@H]1C(N(C(=O)CN)[C@H](CCC(N)=O)C(=O)O)O[C@H](CO)[C@H](O)[C@@H]1O. The molecular formula is C15H26N4O9. The number of carbonyl (C=O) groups is 4. The standard InChI is InChI=1S/C15H26N4O9/c1-6(21)18-11-13(25)12(24)8(5-20)28-14(11)19(10(23)4-16)7(15(26)27)2-3-9(17)22/h7-8,11-14,20,24-25H,2-5,16H2,1H3,(H2,17,22)(H,18,21)(H,26,27)/t7-,8-,11-,12+,13-,14?/m1/s1. The number of nitrogens with zero attached hydrogens (tertiary/aromatic N) is 1. The Kier molecular flexibility index (Phi) is 8.71. The van der Waals surface area contributed by atoms with Gasteiger partial charge in [-0.1, -0.05) is 0 Å². The van der Waals surface area contributed by atoms with E-state index in [1.54, 1.807) is 0 Å². The Hall–Kier alpha value is -2.32. The van der Waals surface area contributed by atoms with Crippen molar-refractivity contribution in [2.45, 2.75) is 56.4 Å². The molecule has 3 amide bonds. The van der Waals surface area contributed by atoms with Crippen LogP contribution in [0.3, 0.4) is 0 Å². The van der Waals surface area contributed by atoms with E-state index in [-0.39, 0.29) is 12.8 Å². The topological polar surface area (TPSA) is 226 Å². The highest BCUT2D eigenvalue weighted by Crippen LogP contribution is 2.26. The summed E-state index contributed by atoms with van der Waals surface area (Å²) in [7, 11) is 0. The largest absolute Gasteiger partial charge is 0.480 e. The van der Waals surface area contributed by atoms with Gasteiger partial charge in [-0.2, -0.15) is 0 Å². The van der Waals surface area contributed by atoms with Crippen LogP contribution in [0.2, 0.25) is 0 Å². The lowest BCUT2D eigenvalue weighted by Gasteiger charge is -2.48.